The van der Waals surface area contributed by atoms with Crippen LogP contribution < -0.4 is 4.74 Å². The third-order valence-electron chi connectivity index (χ3n) is 3.47. The molecule has 0 unspecified atom stereocenters. The molecule has 0 aromatic heterocycles. The number of Topliss-reactive ketones (excluding diaryl/α,β-unsaturated/α-hetero) is 1. The van der Waals surface area contributed by atoms with E-state index in [9.17, 15) is 9.59 Å². The molecule has 1 heterocycles. The first-order valence-corrected chi connectivity index (χ1v) is 6.18. The van der Waals surface area contributed by atoms with Crippen LogP contribution in [-0.2, 0) is 11.2 Å². The van der Waals surface area contributed by atoms with Crippen molar-refractivity contribution in [1.82, 2.24) is 0 Å². The van der Waals surface area contributed by atoms with Crippen molar-refractivity contribution < 1.29 is 19.4 Å². The lowest BCUT2D eigenvalue weighted by Crippen LogP contribution is -2.08. The summed E-state index contributed by atoms with van der Waals surface area (Å²) in [5, 5.41) is 9.26. The molecule has 4 nitrogen and oxygen atoms in total. The maximum Gasteiger partial charge on any atom is 0.307 e. The number of rotatable bonds is 3. The summed E-state index contributed by atoms with van der Waals surface area (Å²) in [7, 11) is 0. The zero-order chi connectivity index (χ0) is 12.9. The maximum absolute atomic E-state index is 12.1. The second-order valence-electron chi connectivity index (χ2n) is 4.70. The lowest BCUT2D eigenvalue weighted by Gasteiger charge is -2.05. The minimum atomic E-state index is -0.899. The van der Waals surface area contributed by atoms with E-state index in [0.29, 0.717) is 29.4 Å². The molecule has 0 amide bonds. The van der Waals surface area contributed by atoms with Crippen LogP contribution in [0.5, 0.6) is 5.75 Å². The van der Waals surface area contributed by atoms with E-state index in [-0.39, 0.29) is 11.7 Å². The fourth-order valence-corrected chi connectivity index (χ4v) is 2.67. The van der Waals surface area contributed by atoms with Crippen LogP contribution in [0.15, 0.2) is 12.1 Å². The number of ketones is 1. The van der Waals surface area contributed by atoms with Crippen LogP contribution in [0.4, 0.5) is 0 Å². The Kier molecular flexibility index (Phi) is 2.55. The third-order valence-corrected chi connectivity index (χ3v) is 3.75. The molecule has 1 fully saturated rings. The lowest BCUT2D eigenvalue weighted by molar-refractivity contribution is -0.138. The number of carboxylic acid groups (broad SMARTS) is 1. The van der Waals surface area contributed by atoms with Gasteiger partial charge in [0.2, 0.25) is 0 Å². The van der Waals surface area contributed by atoms with Crippen molar-refractivity contribution in [3.63, 3.8) is 0 Å². The summed E-state index contributed by atoms with van der Waals surface area (Å²) < 4.78 is 5.36. The number of benzene rings is 1. The highest BCUT2D eigenvalue weighted by Crippen LogP contribution is 2.43. The summed E-state index contributed by atoms with van der Waals surface area (Å²) in [6, 6.07) is 3.35. The molecule has 1 aliphatic carbocycles. The Labute approximate surface area is 109 Å². The Balaban J connectivity index is 1.88. The second kappa shape index (κ2) is 3.99. The number of carboxylic acids is 1. The number of halogens is 1. The standard InChI is InChI=1S/C13H11ClO4/c14-10-4-7(3-6-1-2-18-12(6)10)11(15)8-5-9(8)13(16)17/h3-4,8-9H,1-2,5H2,(H,16,17)/t8-,9-/m0/s1. The predicted octanol–water partition coefficient (Wildman–Crippen LogP) is 2.18. The van der Waals surface area contributed by atoms with Crippen molar-refractivity contribution in [2.45, 2.75) is 12.8 Å². The fraction of sp³-hybridized carbons (Fsp3) is 0.385. The lowest BCUT2D eigenvalue weighted by atomic mass is 10.0. The molecule has 0 saturated heterocycles. The van der Waals surface area contributed by atoms with Gasteiger partial charge < -0.3 is 9.84 Å². The number of carbonyl (C=O) groups is 2. The van der Waals surface area contributed by atoms with Crippen LogP contribution >= 0.6 is 11.6 Å². The highest BCUT2D eigenvalue weighted by molar-refractivity contribution is 6.32. The van der Waals surface area contributed by atoms with E-state index in [0.717, 1.165) is 12.0 Å². The Hall–Kier alpha value is -1.55. The number of aliphatic carboxylic acids is 1. The van der Waals surface area contributed by atoms with Gasteiger partial charge in [-0.2, -0.15) is 0 Å². The topological polar surface area (TPSA) is 63.6 Å². The molecule has 3 rings (SSSR count). The van der Waals surface area contributed by atoms with Gasteiger partial charge in [-0.1, -0.05) is 11.6 Å². The first kappa shape index (κ1) is 11.5. The van der Waals surface area contributed by atoms with Gasteiger partial charge in [0.25, 0.3) is 0 Å². The van der Waals surface area contributed by atoms with Crippen LogP contribution in [-0.4, -0.2) is 23.5 Å². The van der Waals surface area contributed by atoms with Gasteiger partial charge in [0.05, 0.1) is 17.5 Å². The molecular formula is C13H11ClO4. The van der Waals surface area contributed by atoms with E-state index in [1.165, 1.54) is 0 Å². The Morgan fingerprint density at radius 3 is 2.78 bits per heavy atom. The van der Waals surface area contributed by atoms with Crippen LogP contribution in [0.25, 0.3) is 0 Å². The zero-order valence-corrected chi connectivity index (χ0v) is 10.2. The van der Waals surface area contributed by atoms with Crippen LogP contribution in [0.1, 0.15) is 22.3 Å². The molecule has 18 heavy (non-hydrogen) atoms. The molecule has 1 N–H and O–H groups in total. The number of hydrogen-bond donors (Lipinski definition) is 1. The summed E-state index contributed by atoms with van der Waals surface area (Å²) in [6.45, 7) is 0.577. The van der Waals surface area contributed by atoms with Gasteiger partial charge in [0.1, 0.15) is 5.75 Å². The number of carbonyl (C=O) groups excluding carboxylic acids is 1. The van der Waals surface area contributed by atoms with Crippen LogP contribution in [0.3, 0.4) is 0 Å². The van der Waals surface area contributed by atoms with Crippen molar-refractivity contribution >= 4 is 23.4 Å². The number of fused-ring (bicyclic) bond motifs is 1. The average molecular weight is 267 g/mol. The second-order valence-corrected chi connectivity index (χ2v) is 5.10. The summed E-state index contributed by atoms with van der Waals surface area (Å²) in [4.78, 5) is 22.9. The first-order valence-electron chi connectivity index (χ1n) is 5.80. The Morgan fingerprint density at radius 2 is 2.11 bits per heavy atom. The van der Waals surface area contributed by atoms with E-state index >= 15 is 0 Å². The quantitative estimate of drug-likeness (QED) is 0.852. The molecule has 1 aliphatic heterocycles. The smallest absolute Gasteiger partial charge is 0.307 e. The van der Waals surface area contributed by atoms with Crippen molar-refractivity contribution in [2.24, 2.45) is 11.8 Å². The maximum atomic E-state index is 12.1. The minimum Gasteiger partial charge on any atom is -0.491 e. The molecule has 1 aromatic carbocycles. The Bertz CT molecular complexity index is 552. The largest absolute Gasteiger partial charge is 0.491 e. The highest BCUT2D eigenvalue weighted by atomic mass is 35.5. The highest BCUT2D eigenvalue weighted by Gasteiger charge is 2.48. The SMILES string of the molecule is O=C(O)[C@H]1C[C@@H]1C(=O)c1cc(Cl)c2c(c1)CCO2. The minimum absolute atomic E-state index is 0.126. The fourth-order valence-electron chi connectivity index (χ4n) is 2.37. The summed E-state index contributed by atoms with van der Waals surface area (Å²) >= 11 is 6.05. The van der Waals surface area contributed by atoms with E-state index in [1.807, 2.05) is 0 Å². The van der Waals surface area contributed by atoms with E-state index in [1.54, 1.807) is 12.1 Å². The molecular weight excluding hydrogens is 256 g/mol. The van der Waals surface area contributed by atoms with E-state index in [2.05, 4.69) is 0 Å². The van der Waals surface area contributed by atoms with Crippen LogP contribution in [0.2, 0.25) is 5.02 Å². The van der Waals surface area contributed by atoms with Crippen molar-refractivity contribution in [3.8, 4) is 5.75 Å². The van der Waals surface area contributed by atoms with E-state index in [4.69, 9.17) is 21.4 Å². The molecule has 2 atom stereocenters. The molecule has 94 valence electrons. The van der Waals surface area contributed by atoms with Gasteiger partial charge in [-0.25, -0.2) is 0 Å². The van der Waals surface area contributed by atoms with Crippen LogP contribution in [0, 0.1) is 11.8 Å². The van der Waals surface area contributed by atoms with Crippen molar-refractivity contribution in [3.05, 3.63) is 28.3 Å². The molecule has 2 aliphatic rings. The molecule has 1 aromatic rings. The summed E-state index contributed by atoms with van der Waals surface area (Å²) in [5.74, 6) is -1.29. The molecule has 0 spiro atoms. The summed E-state index contributed by atoms with van der Waals surface area (Å²) in [5.41, 5.74) is 1.43. The van der Waals surface area contributed by atoms with Crippen molar-refractivity contribution in [2.75, 3.05) is 6.61 Å². The van der Waals surface area contributed by atoms with Gasteiger partial charge in [0, 0.05) is 17.9 Å². The molecule has 1 saturated carbocycles. The van der Waals surface area contributed by atoms with E-state index < -0.39 is 11.9 Å². The number of ether oxygens (including phenoxy) is 1. The van der Waals surface area contributed by atoms with Gasteiger partial charge in [0.15, 0.2) is 5.78 Å². The van der Waals surface area contributed by atoms with Gasteiger partial charge in [-0.3, -0.25) is 9.59 Å². The van der Waals surface area contributed by atoms with Gasteiger partial charge >= 0.3 is 5.97 Å². The number of hydrogen-bond acceptors (Lipinski definition) is 3. The normalized spacial score (nSPS) is 24.3. The zero-order valence-electron chi connectivity index (χ0n) is 9.48. The first-order chi connectivity index (χ1) is 8.58. The summed E-state index contributed by atoms with van der Waals surface area (Å²) in [6.07, 6.45) is 1.17. The molecule has 5 heteroatoms. The Morgan fingerprint density at radius 1 is 1.33 bits per heavy atom. The third kappa shape index (κ3) is 1.77. The van der Waals surface area contributed by atoms with Gasteiger partial charge in [-0.05, 0) is 24.1 Å². The molecule has 0 radical (unpaired) electrons. The average Bonchev–Trinajstić information content (AvgIpc) is 2.99. The van der Waals surface area contributed by atoms with Crippen molar-refractivity contribution in [1.29, 1.82) is 0 Å². The molecule has 0 bridgehead atoms. The monoisotopic (exact) mass is 266 g/mol. The van der Waals surface area contributed by atoms with Gasteiger partial charge in [-0.15, -0.1) is 0 Å². The predicted molar refractivity (Wildman–Crippen MR) is 64.2 cm³/mol.